The van der Waals surface area contributed by atoms with Gasteiger partial charge in [-0.05, 0) is 75.1 Å². The van der Waals surface area contributed by atoms with Gasteiger partial charge < -0.3 is 15.2 Å². The van der Waals surface area contributed by atoms with E-state index in [-0.39, 0.29) is 11.3 Å². The number of rotatable bonds is 4. The van der Waals surface area contributed by atoms with Crippen LogP contribution in [0.15, 0.2) is 59.5 Å². The number of nitrogens with one attached hydrogen (secondary N) is 2. The SMILES string of the molecule is Cc1cc2c(=O)c3ccccc3[nH]c2cc1C(=O)NC(C)(C)c1ccc(N2CCCC2)nc1. The summed E-state index contributed by atoms with van der Waals surface area (Å²) < 4.78 is 0. The second-order valence-corrected chi connectivity index (χ2v) is 9.39. The Morgan fingerprint density at radius 2 is 1.79 bits per heavy atom. The van der Waals surface area contributed by atoms with Crippen molar-refractivity contribution in [1.82, 2.24) is 15.3 Å². The highest BCUT2D eigenvalue weighted by atomic mass is 16.1. The molecule has 0 spiro atoms. The number of para-hydroxylation sites is 1. The van der Waals surface area contributed by atoms with Crippen molar-refractivity contribution in [2.75, 3.05) is 18.0 Å². The number of H-pyrrole nitrogens is 1. The first kappa shape index (κ1) is 21.2. The molecule has 168 valence electrons. The Labute approximate surface area is 192 Å². The van der Waals surface area contributed by atoms with Gasteiger partial charge in [0.2, 0.25) is 0 Å². The molecule has 0 saturated carbocycles. The molecule has 1 aliphatic rings. The first-order valence-corrected chi connectivity index (χ1v) is 11.4. The molecule has 0 aliphatic carbocycles. The fourth-order valence-corrected chi connectivity index (χ4v) is 4.64. The molecule has 0 bridgehead atoms. The van der Waals surface area contributed by atoms with E-state index in [1.54, 1.807) is 12.1 Å². The molecule has 1 saturated heterocycles. The molecule has 4 aromatic rings. The maximum atomic E-state index is 13.3. The highest BCUT2D eigenvalue weighted by Gasteiger charge is 2.26. The molecule has 6 nitrogen and oxygen atoms in total. The van der Waals surface area contributed by atoms with Gasteiger partial charge in [0.25, 0.3) is 5.91 Å². The number of anilines is 1. The number of carbonyl (C=O) groups is 1. The quantitative estimate of drug-likeness (QED) is 0.453. The molecule has 2 aromatic heterocycles. The Morgan fingerprint density at radius 3 is 2.52 bits per heavy atom. The normalized spacial score (nSPS) is 14.2. The number of aryl methyl sites for hydroxylation is 1. The highest BCUT2D eigenvalue weighted by Crippen LogP contribution is 2.25. The second kappa shape index (κ2) is 8.03. The van der Waals surface area contributed by atoms with Crippen molar-refractivity contribution in [3.05, 3.63) is 81.6 Å². The van der Waals surface area contributed by atoms with Crippen molar-refractivity contribution in [3.63, 3.8) is 0 Å². The van der Waals surface area contributed by atoms with Crippen molar-refractivity contribution in [2.24, 2.45) is 0 Å². The van der Waals surface area contributed by atoms with Crippen LogP contribution in [0.2, 0.25) is 0 Å². The van der Waals surface area contributed by atoms with E-state index in [0.717, 1.165) is 35.6 Å². The second-order valence-electron chi connectivity index (χ2n) is 9.39. The molecule has 1 amide bonds. The van der Waals surface area contributed by atoms with Crippen LogP contribution >= 0.6 is 0 Å². The van der Waals surface area contributed by atoms with E-state index in [1.807, 2.05) is 63.4 Å². The zero-order valence-electron chi connectivity index (χ0n) is 19.2. The van der Waals surface area contributed by atoms with Gasteiger partial charge in [0.1, 0.15) is 5.82 Å². The monoisotopic (exact) mass is 440 g/mol. The number of fused-ring (bicyclic) bond motifs is 2. The topological polar surface area (TPSA) is 78.1 Å². The molecule has 33 heavy (non-hydrogen) atoms. The summed E-state index contributed by atoms with van der Waals surface area (Å²) >= 11 is 0. The van der Waals surface area contributed by atoms with E-state index in [9.17, 15) is 9.59 Å². The minimum absolute atomic E-state index is 0.0288. The third kappa shape index (κ3) is 3.86. The van der Waals surface area contributed by atoms with Crippen LogP contribution in [0.25, 0.3) is 21.8 Å². The van der Waals surface area contributed by atoms with Crippen LogP contribution in [-0.2, 0) is 5.54 Å². The summed E-state index contributed by atoms with van der Waals surface area (Å²) in [5, 5.41) is 4.38. The smallest absolute Gasteiger partial charge is 0.252 e. The van der Waals surface area contributed by atoms with Crippen molar-refractivity contribution >= 4 is 33.5 Å². The Kier molecular flexibility index (Phi) is 5.16. The number of benzene rings is 2. The zero-order chi connectivity index (χ0) is 23.2. The lowest BCUT2D eigenvalue weighted by molar-refractivity contribution is 0.0911. The Hall–Kier alpha value is -3.67. The Balaban J connectivity index is 1.44. The number of hydrogen-bond donors (Lipinski definition) is 2. The van der Waals surface area contributed by atoms with Crippen LogP contribution in [0.5, 0.6) is 0 Å². The van der Waals surface area contributed by atoms with Gasteiger partial charge in [0, 0.05) is 41.1 Å². The molecule has 3 heterocycles. The molecule has 1 fully saturated rings. The fraction of sp³-hybridized carbons (Fsp3) is 0.296. The number of pyridine rings is 2. The molecule has 1 aliphatic heterocycles. The van der Waals surface area contributed by atoms with Crippen molar-refractivity contribution < 1.29 is 4.79 Å². The zero-order valence-corrected chi connectivity index (χ0v) is 19.2. The fourth-order valence-electron chi connectivity index (χ4n) is 4.64. The first-order chi connectivity index (χ1) is 15.8. The van der Waals surface area contributed by atoms with Crippen LogP contribution < -0.4 is 15.6 Å². The van der Waals surface area contributed by atoms with Crippen molar-refractivity contribution in [2.45, 2.75) is 39.2 Å². The van der Waals surface area contributed by atoms with Gasteiger partial charge in [-0.25, -0.2) is 4.98 Å². The van der Waals surface area contributed by atoms with Gasteiger partial charge in [-0.2, -0.15) is 0 Å². The minimum atomic E-state index is -0.605. The average Bonchev–Trinajstić information content (AvgIpc) is 3.34. The lowest BCUT2D eigenvalue weighted by atomic mass is 9.94. The molecule has 5 rings (SSSR count). The summed E-state index contributed by atoms with van der Waals surface area (Å²) in [6.07, 6.45) is 4.26. The Bertz CT molecular complexity index is 1410. The van der Waals surface area contributed by atoms with Gasteiger partial charge in [0.15, 0.2) is 5.43 Å². The molecule has 0 atom stereocenters. The third-order valence-electron chi connectivity index (χ3n) is 6.62. The van der Waals surface area contributed by atoms with Crippen LogP contribution in [0.1, 0.15) is 48.2 Å². The van der Waals surface area contributed by atoms with E-state index in [2.05, 4.69) is 20.2 Å². The number of hydrogen-bond acceptors (Lipinski definition) is 4. The predicted molar refractivity (Wildman–Crippen MR) is 133 cm³/mol. The molecule has 0 unspecified atom stereocenters. The maximum Gasteiger partial charge on any atom is 0.252 e. The Morgan fingerprint density at radius 1 is 1.03 bits per heavy atom. The van der Waals surface area contributed by atoms with Crippen LogP contribution in [0.3, 0.4) is 0 Å². The third-order valence-corrected chi connectivity index (χ3v) is 6.62. The molecule has 6 heteroatoms. The maximum absolute atomic E-state index is 13.3. The van der Waals surface area contributed by atoms with E-state index >= 15 is 0 Å². The molecule has 2 N–H and O–H groups in total. The summed E-state index contributed by atoms with van der Waals surface area (Å²) in [5.74, 6) is 0.803. The summed E-state index contributed by atoms with van der Waals surface area (Å²) in [6.45, 7) is 7.91. The van der Waals surface area contributed by atoms with E-state index in [4.69, 9.17) is 0 Å². The first-order valence-electron chi connectivity index (χ1n) is 11.4. The van der Waals surface area contributed by atoms with E-state index in [0.29, 0.717) is 21.9 Å². The van der Waals surface area contributed by atoms with Gasteiger partial charge in [-0.3, -0.25) is 9.59 Å². The largest absolute Gasteiger partial charge is 0.357 e. The summed E-state index contributed by atoms with van der Waals surface area (Å²) in [5.41, 5.74) is 3.03. The standard InChI is InChI=1S/C27H28N4O2/c1-17-14-21-23(29-22-9-5-4-8-19(22)25(21)32)15-20(17)26(33)30-27(2,3)18-10-11-24(28-16-18)31-12-6-7-13-31/h4-5,8-11,14-16H,6-7,12-13H2,1-3H3,(H,29,32)(H,30,33). The molecule has 0 radical (unpaired) electrons. The lowest BCUT2D eigenvalue weighted by Gasteiger charge is -2.28. The van der Waals surface area contributed by atoms with Crippen molar-refractivity contribution in [1.29, 1.82) is 0 Å². The van der Waals surface area contributed by atoms with Gasteiger partial charge >= 0.3 is 0 Å². The lowest BCUT2D eigenvalue weighted by Crippen LogP contribution is -2.41. The molecule has 2 aromatic carbocycles. The predicted octanol–water partition coefficient (Wildman–Crippen LogP) is 4.65. The van der Waals surface area contributed by atoms with Gasteiger partial charge in [-0.1, -0.05) is 18.2 Å². The van der Waals surface area contributed by atoms with E-state index < -0.39 is 5.54 Å². The number of nitrogens with zero attached hydrogens (tertiary/aromatic N) is 2. The van der Waals surface area contributed by atoms with Crippen LogP contribution in [-0.4, -0.2) is 29.0 Å². The average molecular weight is 441 g/mol. The van der Waals surface area contributed by atoms with Gasteiger partial charge in [-0.15, -0.1) is 0 Å². The van der Waals surface area contributed by atoms with Crippen molar-refractivity contribution in [3.8, 4) is 0 Å². The van der Waals surface area contributed by atoms with Gasteiger partial charge in [0.05, 0.1) is 11.1 Å². The molecular weight excluding hydrogens is 412 g/mol. The summed E-state index contributed by atoms with van der Waals surface area (Å²) in [6, 6.07) is 15.1. The minimum Gasteiger partial charge on any atom is -0.357 e. The summed E-state index contributed by atoms with van der Waals surface area (Å²) in [7, 11) is 0. The number of aromatic amines is 1. The highest BCUT2D eigenvalue weighted by molar-refractivity contribution is 6.01. The number of carbonyl (C=O) groups excluding carboxylic acids is 1. The summed E-state index contributed by atoms with van der Waals surface area (Å²) in [4.78, 5) is 36.5. The van der Waals surface area contributed by atoms with Crippen LogP contribution in [0.4, 0.5) is 5.82 Å². The van der Waals surface area contributed by atoms with Crippen LogP contribution in [0, 0.1) is 6.92 Å². The van der Waals surface area contributed by atoms with E-state index in [1.165, 1.54) is 12.8 Å². The number of aromatic nitrogens is 2. The molecular formula is C27H28N4O2. The number of amides is 1.